The molecule has 0 heterocycles. The van der Waals surface area contributed by atoms with Crippen molar-refractivity contribution in [3.8, 4) is 0 Å². The fourth-order valence-electron chi connectivity index (χ4n) is 2.00. The number of quaternary nitrogens is 1. The summed E-state index contributed by atoms with van der Waals surface area (Å²) >= 11 is 3.43. The Balaban J connectivity index is 2.47. The first-order valence-electron chi connectivity index (χ1n) is 7.25. The predicted molar refractivity (Wildman–Crippen MR) is 92.0 cm³/mol. The van der Waals surface area contributed by atoms with E-state index in [1.807, 2.05) is 52.9 Å². The summed E-state index contributed by atoms with van der Waals surface area (Å²) in [7, 11) is 1.83. The second-order valence-corrected chi connectivity index (χ2v) is 7.48. The second-order valence-electron chi connectivity index (χ2n) is 6.62. The van der Waals surface area contributed by atoms with Crippen molar-refractivity contribution >= 4 is 33.4 Å². The molecular weight excluding hydrogens is 346 g/mol. The lowest BCUT2D eigenvalue weighted by Gasteiger charge is -2.21. The van der Waals surface area contributed by atoms with Gasteiger partial charge in [-0.1, -0.05) is 15.9 Å². The Labute approximate surface area is 140 Å². The number of aryl methyl sites for hydroxylation is 1. The average molecular weight is 371 g/mol. The highest BCUT2D eigenvalue weighted by Crippen LogP contribution is 2.19. The van der Waals surface area contributed by atoms with Crippen molar-refractivity contribution in [2.75, 3.05) is 25.5 Å². The molecule has 0 aromatic heterocycles. The largest absolute Gasteiger partial charge is 0.347 e. The van der Waals surface area contributed by atoms with E-state index in [0.717, 1.165) is 20.6 Å². The molecule has 2 amide bonds. The fraction of sp³-hybridized carbons (Fsp3) is 0.500. The number of hydrogen-bond donors (Lipinski definition) is 3. The lowest BCUT2D eigenvalue weighted by molar-refractivity contribution is -0.862. The quantitative estimate of drug-likeness (QED) is 0.727. The van der Waals surface area contributed by atoms with Crippen molar-refractivity contribution in [3.63, 3.8) is 0 Å². The van der Waals surface area contributed by atoms with E-state index < -0.39 is 0 Å². The van der Waals surface area contributed by atoms with Gasteiger partial charge in [-0.3, -0.25) is 9.59 Å². The molecule has 0 fully saturated rings. The summed E-state index contributed by atoms with van der Waals surface area (Å²) in [5, 5.41) is 5.74. The van der Waals surface area contributed by atoms with Gasteiger partial charge in [-0.05, 0) is 51.5 Å². The average Bonchev–Trinajstić information content (AvgIpc) is 2.30. The van der Waals surface area contributed by atoms with E-state index in [1.54, 1.807) is 0 Å². The van der Waals surface area contributed by atoms with Crippen LogP contribution >= 0.6 is 15.9 Å². The molecule has 3 N–H and O–H groups in total. The first-order valence-corrected chi connectivity index (χ1v) is 8.04. The molecule has 0 aliphatic rings. The summed E-state index contributed by atoms with van der Waals surface area (Å²) in [6, 6.07) is 5.65. The van der Waals surface area contributed by atoms with Crippen LogP contribution in [0.15, 0.2) is 22.7 Å². The van der Waals surface area contributed by atoms with E-state index in [2.05, 4.69) is 26.6 Å². The molecule has 0 aliphatic carbocycles. The lowest BCUT2D eigenvalue weighted by atomic mass is 10.1. The van der Waals surface area contributed by atoms with Gasteiger partial charge < -0.3 is 15.5 Å². The van der Waals surface area contributed by atoms with Crippen LogP contribution in [0.5, 0.6) is 0 Å². The number of likely N-dealkylation sites (N-methyl/N-ethyl adjacent to an activating group) is 1. The summed E-state index contributed by atoms with van der Waals surface area (Å²) in [4.78, 5) is 24.7. The minimum absolute atomic E-state index is 0.0581. The molecule has 1 aromatic rings. The number of carbonyl (C=O) groups excluding carboxylic acids is 2. The van der Waals surface area contributed by atoms with Gasteiger partial charge in [-0.15, -0.1) is 0 Å². The van der Waals surface area contributed by atoms with Gasteiger partial charge in [0.15, 0.2) is 13.1 Å². The van der Waals surface area contributed by atoms with E-state index in [1.165, 1.54) is 0 Å². The maximum Gasteiger partial charge on any atom is 0.279 e. The summed E-state index contributed by atoms with van der Waals surface area (Å²) < 4.78 is 1.01. The van der Waals surface area contributed by atoms with E-state index >= 15 is 0 Å². The zero-order valence-electron chi connectivity index (χ0n) is 13.8. The zero-order chi connectivity index (χ0) is 16.9. The lowest BCUT2D eigenvalue weighted by Crippen LogP contribution is -3.11. The van der Waals surface area contributed by atoms with Crippen LogP contribution < -0.4 is 15.5 Å². The first kappa shape index (κ1) is 18.6. The Kier molecular flexibility index (Phi) is 6.56. The Hall–Kier alpha value is -1.40. The third-order valence-electron chi connectivity index (χ3n) is 2.88. The van der Waals surface area contributed by atoms with E-state index in [0.29, 0.717) is 0 Å². The molecule has 0 saturated heterocycles. The number of hydrogen-bond acceptors (Lipinski definition) is 2. The molecule has 1 unspecified atom stereocenters. The summed E-state index contributed by atoms with van der Waals surface area (Å²) in [5.41, 5.74) is 1.56. The van der Waals surface area contributed by atoms with Crippen molar-refractivity contribution in [2.45, 2.75) is 33.2 Å². The number of anilines is 1. The third-order valence-corrected chi connectivity index (χ3v) is 3.77. The summed E-state index contributed by atoms with van der Waals surface area (Å²) in [6.45, 7) is 8.28. The smallest absolute Gasteiger partial charge is 0.279 e. The van der Waals surface area contributed by atoms with Gasteiger partial charge in [0.2, 0.25) is 0 Å². The van der Waals surface area contributed by atoms with Crippen molar-refractivity contribution in [2.24, 2.45) is 0 Å². The number of rotatable bonds is 5. The summed E-state index contributed by atoms with van der Waals surface area (Å²) in [6.07, 6.45) is 0. The van der Waals surface area contributed by atoms with Crippen molar-refractivity contribution in [3.05, 3.63) is 28.2 Å². The number of nitrogens with one attached hydrogen (secondary N) is 3. The Bertz CT molecular complexity index is 553. The maximum atomic E-state index is 12.0. The number of carbonyl (C=O) groups is 2. The van der Waals surface area contributed by atoms with Crippen LogP contribution in [-0.4, -0.2) is 37.5 Å². The van der Waals surface area contributed by atoms with Gasteiger partial charge in [0.25, 0.3) is 11.8 Å². The van der Waals surface area contributed by atoms with Crippen LogP contribution in [0.1, 0.15) is 26.3 Å². The SMILES string of the molecule is Cc1cc(NC(=O)C[NH+](C)CC(=O)NC(C)(C)C)ccc1Br. The Morgan fingerprint density at radius 1 is 1.18 bits per heavy atom. The van der Waals surface area contributed by atoms with E-state index in [4.69, 9.17) is 0 Å². The fourth-order valence-corrected chi connectivity index (χ4v) is 2.25. The third kappa shape index (κ3) is 7.04. The van der Waals surface area contributed by atoms with Gasteiger partial charge in [0.05, 0.1) is 7.05 Å². The molecule has 1 atom stereocenters. The Morgan fingerprint density at radius 3 is 2.32 bits per heavy atom. The van der Waals surface area contributed by atoms with Crippen molar-refractivity contribution in [1.82, 2.24) is 5.32 Å². The molecule has 122 valence electrons. The van der Waals surface area contributed by atoms with Crippen LogP contribution in [0.25, 0.3) is 0 Å². The number of amides is 2. The number of benzene rings is 1. The van der Waals surface area contributed by atoms with Crippen LogP contribution in [0.2, 0.25) is 0 Å². The Morgan fingerprint density at radius 2 is 1.77 bits per heavy atom. The summed E-state index contributed by atoms with van der Waals surface area (Å²) in [5.74, 6) is -0.167. The molecule has 22 heavy (non-hydrogen) atoms. The highest BCUT2D eigenvalue weighted by Gasteiger charge is 2.18. The molecule has 0 radical (unpaired) electrons. The first-order chi connectivity index (χ1) is 10.1. The topological polar surface area (TPSA) is 62.6 Å². The van der Waals surface area contributed by atoms with Gasteiger partial charge >= 0.3 is 0 Å². The molecule has 1 aromatic carbocycles. The van der Waals surface area contributed by atoms with Crippen molar-refractivity contribution in [1.29, 1.82) is 0 Å². The molecule has 1 rings (SSSR count). The van der Waals surface area contributed by atoms with Crippen LogP contribution in [0.3, 0.4) is 0 Å². The van der Waals surface area contributed by atoms with Gasteiger partial charge in [-0.25, -0.2) is 0 Å². The van der Waals surface area contributed by atoms with Gasteiger partial charge in [0, 0.05) is 15.7 Å². The minimum atomic E-state index is -0.255. The highest BCUT2D eigenvalue weighted by molar-refractivity contribution is 9.10. The highest BCUT2D eigenvalue weighted by atomic mass is 79.9. The van der Waals surface area contributed by atoms with Crippen LogP contribution in [0, 0.1) is 6.92 Å². The van der Waals surface area contributed by atoms with Gasteiger partial charge in [-0.2, -0.15) is 0 Å². The molecule has 0 aliphatic heterocycles. The second kappa shape index (κ2) is 7.74. The van der Waals surface area contributed by atoms with Crippen LogP contribution in [-0.2, 0) is 9.59 Å². The molecule has 0 spiro atoms. The maximum absolute atomic E-state index is 12.0. The van der Waals surface area contributed by atoms with Gasteiger partial charge in [0.1, 0.15) is 0 Å². The minimum Gasteiger partial charge on any atom is -0.347 e. The normalized spacial score (nSPS) is 12.6. The zero-order valence-corrected chi connectivity index (χ0v) is 15.4. The molecule has 5 nitrogen and oxygen atoms in total. The van der Waals surface area contributed by atoms with Crippen LogP contribution in [0.4, 0.5) is 5.69 Å². The van der Waals surface area contributed by atoms with E-state index in [9.17, 15) is 9.59 Å². The van der Waals surface area contributed by atoms with E-state index in [-0.39, 0.29) is 30.4 Å². The molecule has 0 saturated carbocycles. The standard InChI is InChI=1S/C16H24BrN3O2/c1-11-8-12(6-7-13(11)17)18-14(21)9-20(5)10-15(22)19-16(2,3)4/h6-8H,9-10H2,1-5H3,(H,18,21)(H,19,22)/p+1. The van der Waals surface area contributed by atoms with Crippen molar-refractivity contribution < 1.29 is 14.5 Å². The monoisotopic (exact) mass is 370 g/mol. The molecule has 0 bridgehead atoms. The molecular formula is C16H25BrN3O2+. The predicted octanol–water partition coefficient (Wildman–Crippen LogP) is 1.13. The molecule has 6 heteroatoms. The number of halogens is 1.